The Hall–Kier alpha value is -1.72. The number of rotatable bonds is 2. The molecule has 0 fully saturated rings. The van der Waals surface area contributed by atoms with Crippen LogP contribution in [0.3, 0.4) is 0 Å². The molecule has 0 spiro atoms. The van der Waals surface area contributed by atoms with Crippen molar-refractivity contribution in [3.63, 3.8) is 0 Å². The van der Waals surface area contributed by atoms with Crippen LogP contribution in [0.15, 0.2) is 46.2 Å². The van der Waals surface area contributed by atoms with E-state index >= 15 is 0 Å². The van der Waals surface area contributed by atoms with E-state index in [0.717, 1.165) is 6.07 Å². The molecule has 1 heterocycles. The van der Waals surface area contributed by atoms with Crippen molar-refractivity contribution in [1.29, 1.82) is 0 Å². The van der Waals surface area contributed by atoms with Crippen molar-refractivity contribution in [2.24, 2.45) is 5.14 Å². The molecule has 0 aromatic heterocycles. The van der Waals surface area contributed by atoms with Gasteiger partial charge in [-0.3, -0.25) is 0 Å². The summed E-state index contributed by atoms with van der Waals surface area (Å²) in [5.41, 5.74) is 0.475. The maximum atomic E-state index is 14.0. The van der Waals surface area contributed by atoms with Gasteiger partial charge in [-0.1, -0.05) is 23.7 Å². The summed E-state index contributed by atoms with van der Waals surface area (Å²) in [6.07, 6.45) is -0.862. The van der Waals surface area contributed by atoms with E-state index in [1.54, 1.807) is 24.3 Å². The molecule has 128 valence electrons. The number of fused-ring (bicyclic) bond motifs is 1. The van der Waals surface area contributed by atoms with Crippen LogP contribution in [0.1, 0.15) is 11.7 Å². The Morgan fingerprint density at radius 3 is 2.38 bits per heavy atom. The van der Waals surface area contributed by atoms with Crippen LogP contribution in [-0.4, -0.2) is 16.8 Å². The fourth-order valence-electron chi connectivity index (χ4n) is 2.30. The summed E-state index contributed by atoms with van der Waals surface area (Å²) >= 11 is 5.79. The predicted octanol–water partition coefficient (Wildman–Crippen LogP) is 1.53. The van der Waals surface area contributed by atoms with Crippen molar-refractivity contribution in [3.8, 4) is 0 Å². The number of hydrogen-bond donors (Lipinski definition) is 3. The maximum Gasteiger partial charge on any atom is 0.244 e. The van der Waals surface area contributed by atoms with Gasteiger partial charge in [0.15, 0.2) is 0 Å². The third-order valence-corrected chi connectivity index (χ3v) is 6.05. The lowest BCUT2D eigenvalue weighted by molar-refractivity contribution is 0.553. The molecule has 0 saturated carbocycles. The zero-order valence-electron chi connectivity index (χ0n) is 11.8. The first kappa shape index (κ1) is 17.1. The molecule has 3 rings (SSSR count). The standard InChI is InChI=1S/C13H11ClFN3O4S2/c14-8-3-1-7(2-4-8)13-17-10-5-9(15)11(23(16,19)20)6-12(10)24(21,22)18-13/h1-6,13,17-18H,(H2,16,19,20)/t13-/m0/s1. The highest BCUT2D eigenvalue weighted by atomic mass is 35.5. The van der Waals surface area contributed by atoms with E-state index in [1.165, 1.54) is 0 Å². The van der Waals surface area contributed by atoms with Gasteiger partial charge in [0.1, 0.15) is 21.8 Å². The average Bonchev–Trinajstić information content (AvgIpc) is 2.45. The number of primary sulfonamides is 1. The molecule has 0 saturated heterocycles. The summed E-state index contributed by atoms with van der Waals surface area (Å²) < 4.78 is 63.8. The van der Waals surface area contributed by atoms with Crippen molar-refractivity contribution in [3.05, 3.63) is 52.8 Å². The molecule has 4 N–H and O–H groups in total. The summed E-state index contributed by atoms with van der Waals surface area (Å²) in [4.78, 5) is -1.29. The number of nitrogens with two attached hydrogens (primary N) is 1. The number of anilines is 1. The molecular weight excluding hydrogens is 381 g/mol. The highest BCUT2D eigenvalue weighted by Gasteiger charge is 2.32. The minimum absolute atomic E-state index is 0.0707. The molecule has 7 nitrogen and oxygen atoms in total. The van der Waals surface area contributed by atoms with Gasteiger partial charge in [-0.05, 0) is 29.8 Å². The lowest BCUT2D eigenvalue weighted by Gasteiger charge is -2.28. The molecule has 24 heavy (non-hydrogen) atoms. The molecule has 2 aromatic carbocycles. The highest BCUT2D eigenvalue weighted by molar-refractivity contribution is 7.90. The van der Waals surface area contributed by atoms with Crippen LogP contribution < -0.4 is 15.2 Å². The van der Waals surface area contributed by atoms with Gasteiger partial charge < -0.3 is 5.32 Å². The second kappa shape index (κ2) is 5.67. The van der Waals surface area contributed by atoms with Crippen LogP contribution in [0.4, 0.5) is 10.1 Å². The van der Waals surface area contributed by atoms with Gasteiger partial charge in [0.2, 0.25) is 20.0 Å². The molecule has 1 aliphatic rings. The quantitative estimate of drug-likeness (QED) is 0.717. The Bertz CT molecular complexity index is 1020. The molecule has 0 aliphatic carbocycles. The Morgan fingerprint density at radius 2 is 1.79 bits per heavy atom. The largest absolute Gasteiger partial charge is 0.364 e. The zero-order valence-corrected chi connectivity index (χ0v) is 14.2. The number of benzene rings is 2. The van der Waals surface area contributed by atoms with Gasteiger partial charge in [-0.2, -0.15) is 4.72 Å². The Kier molecular flexibility index (Phi) is 4.04. The molecule has 0 bridgehead atoms. The van der Waals surface area contributed by atoms with Gasteiger partial charge in [0, 0.05) is 5.02 Å². The Balaban J connectivity index is 2.12. The Labute approximate surface area is 142 Å². The van der Waals surface area contributed by atoms with Crippen molar-refractivity contribution in [1.82, 2.24) is 4.72 Å². The summed E-state index contributed by atoms with van der Waals surface area (Å²) in [5.74, 6) is -1.14. The van der Waals surface area contributed by atoms with E-state index < -0.39 is 41.8 Å². The van der Waals surface area contributed by atoms with Gasteiger partial charge >= 0.3 is 0 Å². The molecular formula is C13H11ClFN3O4S2. The first-order valence-corrected chi connectivity index (χ1v) is 9.89. The SMILES string of the molecule is NS(=O)(=O)c1cc2c(cc1F)N[C@H](c1ccc(Cl)cc1)NS2(=O)=O. The van der Waals surface area contributed by atoms with Gasteiger partial charge in [-0.25, -0.2) is 26.4 Å². The second-order valence-electron chi connectivity index (χ2n) is 5.07. The van der Waals surface area contributed by atoms with E-state index in [-0.39, 0.29) is 5.69 Å². The normalized spacial score (nSPS) is 19.4. The molecule has 11 heteroatoms. The highest BCUT2D eigenvalue weighted by Crippen LogP contribution is 2.34. The topological polar surface area (TPSA) is 118 Å². The van der Waals surface area contributed by atoms with Gasteiger partial charge in [0.25, 0.3) is 0 Å². The smallest absolute Gasteiger partial charge is 0.244 e. The summed E-state index contributed by atoms with van der Waals surface area (Å²) in [5, 5.41) is 8.17. The van der Waals surface area contributed by atoms with Gasteiger partial charge in [-0.15, -0.1) is 0 Å². The third kappa shape index (κ3) is 3.10. The predicted molar refractivity (Wildman–Crippen MR) is 85.9 cm³/mol. The van der Waals surface area contributed by atoms with Crippen LogP contribution in [0.25, 0.3) is 0 Å². The van der Waals surface area contributed by atoms with E-state index in [4.69, 9.17) is 16.7 Å². The third-order valence-electron chi connectivity index (χ3n) is 3.41. The monoisotopic (exact) mass is 391 g/mol. The number of nitrogens with one attached hydrogen (secondary N) is 2. The van der Waals surface area contributed by atoms with E-state index in [1.807, 2.05) is 0 Å². The lowest BCUT2D eigenvalue weighted by Crippen LogP contribution is -2.38. The summed E-state index contributed by atoms with van der Waals surface area (Å²) in [7, 11) is -8.48. The van der Waals surface area contributed by atoms with Crippen LogP contribution >= 0.6 is 11.6 Å². The first-order valence-electron chi connectivity index (χ1n) is 6.48. The van der Waals surface area contributed by atoms with E-state index in [2.05, 4.69) is 10.0 Å². The summed E-state index contributed by atoms with van der Waals surface area (Å²) in [6.45, 7) is 0. The number of halogens is 2. The van der Waals surface area contributed by atoms with Crippen molar-refractivity contribution < 1.29 is 21.2 Å². The lowest BCUT2D eigenvalue weighted by atomic mass is 10.1. The number of hydrogen-bond acceptors (Lipinski definition) is 5. The van der Waals surface area contributed by atoms with Crippen LogP contribution in [-0.2, 0) is 20.0 Å². The summed E-state index contributed by atoms with van der Waals surface area (Å²) in [6, 6.07) is 7.83. The molecule has 1 atom stereocenters. The van der Waals surface area contributed by atoms with Crippen molar-refractivity contribution in [2.45, 2.75) is 16.0 Å². The molecule has 0 radical (unpaired) electrons. The molecule has 2 aromatic rings. The van der Waals surface area contributed by atoms with Crippen LogP contribution in [0.2, 0.25) is 5.02 Å². The minimum Gasteiger partial charge on any atom is -0.364 e. The minimum atomic E-state index is -4.40. The number of sulfonamides is 2. The fourth-order valence-corrected chi connectivity index (χ4v) is 4.42. The fraction of sp³-hybridized carbons (Fsp3) is 0.0769. The van der Waals surface area contributed by atoms with Crippen LogP contribution in [0, 0.1) is 5.82 Å². The zero-order chi connectivity index (χ0) is 17.7. The van der Waals surface area contributed by atoms with Gasteiger partial charge in [0.05, 0.1) is 5.69 Å². The van der Waals surface area contributed by atoms with E-state index in [0.29, 0.717) is 16.7 Å². The Morgan fingerprint density at radius 1 is 1.17 bits per heavy atom. The van der Waals surface area contributed by atoms with Crippen molar-refractivity contribution in [2.75, 3.05) is 5.32 Å². The molecule has 1 aliphatic heterocycles. The first-order chi connectivity index (χ1) is 11.1. The second-order valence-corrected chi connectivity index (χ2v) is 8.72. The van der Waals surface area contributed by atoms with Crippen molar-refractivity contribution >= 4 is 37.3 Å². The van der Waals surface area contributed by atoms with E-state index in [9.17, 15) is 21.2 Å². The average molecular weight is 392 g/mol. The van der Waals surface area contributed by atoms with Crippen LogP contribution in [0.5, 0.6) is 0 Å². The molecule has 0 amide bonds. The molecule has 0 unspecified atom stereocenters. The maximum absolute atomic E-state index is 14.0.